The zero-order valence-electron chi connectivity index (χ0n) is 14.4. The van der Waals surface area contributed by atoms with Gasteiger partial charge in [0.25, 0.3) is 5.91 Å². The van der Waals surface area contributed by atoms with Gasteiger partial charge in [0.05, 0.1) is 18.4 Å². The van der Waals surface area contributed by atoms with Gasteiger partial charge in [-0.3, -0.25) is 9.59 Å². The summed E-state index contributed by atoms with van der Waals surface area (Å²) in [5.74, 6) is -0.904. The topological polar surface area (TPSA) is 97.6 Å². The number of carbonyl (C=O) groups is 3. The van der Waals surface area contributed by atoms with Crippen LogP contribution in [0.3, 0.4) is 0 Å². The summed E-state index contributed by atoms with van der Waals surface area (Å²) in [6.45, 7) is 2.29. The van der Waals surface area contributed by atoms with Crippen LogP contribution in [0.5, 0.6) is 0 Å². The molecule has 136 valence electrons. The second kappa shape index (κ2) is 9.83. The molecule has 0 aliphatic carbocycles. The minimum absolute atomic E-state index is 0.147. The molecule has 0 spiro atoms. The Bertz CT molecular complexity index is 764. The summed E-state index contributed by atoms with van der Waals surface area (Å²) >= 11 is 0. The minimum Gasteiger partial charge on any atom is -0.472 e. The van der Waals surface area contributed by atoms with E-state index >= 15 is 0 Å². The van der Waals surface area contributed by atoms with Gasteiger partial charge in [-0.1, -0.05) is 12.1 Å². The number of nitrogens with one attached hydrogen (secondary N) is 2. The van der Waals surface area contributed by atoms with Crippen molar-refractivity contribution in [3.05, 3.63) is 60.1 Å². The van der Waals surface area contributed by atoms with Crippen LogP contribution in [0.4, 0.5) is 5.69 Å². The third-order valence-electron chi connectivity index (χ3n) is 3.31. The maximum atomic E-state index is 11.9. The van der Waals surface area contributed by atoms with Gasteiger partial charge in [-0.05, 0) is 36.8 Å². The molecule has 0 saturated carbocycles. The van der Waals surface area contributed by atoms with Crippen molar-refractivity contribution >= 4 is 29.5 Å². The van der Waals surface area contributed by atoms with Gasteiger partial charge < -0.3 is 19.8 Å². The summed E-state index contributed by atoms with van der Waals surface area (Å²) in [5.41, 5.74) is 1.85. The minimum atomic E-state index is -0.401. The summed E-state index contributed by atoms with van der Waals surface area (Å²) in [7, 11) is 0. The van der Waals surface area contributed by atoms with Crippen LogP contribution >= 0.6 is 0 Å². The average Bonchev–Trinajstić information content (AvgIpc) is 3.16. The molecule has 0 saturated heterocycles. The molecule has 0 unspecified atom stereocenters. The maximum absolute atomic E-state index is 11.9. The van der Waals surface area contributed by atoms with E-state index in [4.69, 9.17) is 9.15 Å². The average molecular weight is 356 g/mol. The van der Waals surface area contributed by atoms with Crippen LogP contribution in [0.1, 0.15) is 29.3 Å². The van der Waals surface area contributed by atoms with Crippen LogP contribution in [0.2, 0.25) is 0 Å². The molecule has 1 aromatic carbocycles. The Morgan fingerprint density at radius 3 is 2.58 bits per heavy atom. The fourth-order valence-corrected chi connectivity index (χ4v) is 2.04. The van der Waals surface area contributed by atoms with Crippen LogP contribution in [-0.4, -0.2) is 30.9 Å². The van der Waals surface area contributed by atoms with E-state index in [-0.39, 0.29) is 24.8 Å². The maximum Gasteiger partial charge on any atom is 0.330 e. The predicted molar refractivity (Wildman–Crippen MR) is 96.4 cm³/mol. The van der Waals surface area contributed by atoms with Crippen molar-refractivity contribution in [3.63, 3.8) is 0 Å². The number of rotatable bonds is 8. The molecule has 0 atom stereocenters. The number of hydrogen-bond acceptors (Lipinski definition) is 5. The van der Waals surface area contributed by atoms with E-state index in [0.29, 0.717) is 17.9 Å². The second-order valence-electron chi connectivity index (χ2n) is 5.27. The molecule has 7 heteroatoms. The summed E-state index contributed by atoms with van der Waals surface area (Å²) in [4.78, 5) is 34.8. The first-order valence-corrected chi connectivity index (χ1v) is 8.13. The molecular formula is C19H20N2O5. The molecule has 0 radical (unpaired) electrons. The van der Waals surface area contributed by atoms with E-state index in [2.05, 4.69) is 10.6 Å². The summed E-state index contributed by atoms with van der Waals surface area (Å²) < 4.78 is 9.62. The number of amides is 2. The molecule has 2 aromatic rings. The SMILES string of the molecule is CCOC(=O)/C=C/c1ccc(NC(=O)CCNC(=O)c2ccoc2)cc1. The van der Waals surface area contributed by atoms with Crippen molar-refractivity contribution in [2.24, 2.45) is 0 Å². The van der Waals surface area contributed by atoms with Gasteiger partial charge in [0.1, 0.15) is 6.26 Å². The standard InChI is InChI=1S/C19H20N2O5/c1-2-26-18(23)8-5-14-3-6-16(7-4-14)21-17(22)9-11-20-19(24)15-10-12-25-13-15/h3-8,10,12-13H,2,9,11H2,1H3,(H,20,24)(H,21,22)/b8-5+. The van der Waals surface area contributed by atoms with E-state index in [0.717, 1.165) is 5.56 Å². The Hall–Kier alpha value is -3.35. The van der Waals surface area contributed by atoms with Gasteiger partial charge in [0.2, 0.25) is 5.91 Å². The van der Waals surface area contributed by atoms with E-state index in [1.807, 2.05) is 0 Å². The molecular weight excluding hydrogens is 336 g/mol. The Kier molecular flexibility index (Phi) is 7.17. The third-order valence-corrected chi connectivity index (χ3v) is 3.31. The first kappa shape index (κ1) is 19.0. The molecule has 1 heterocycles. The number of esters is 1. The lowest BCUT2D eigenvalue weighted by Gasteiger charge is -2.06. The molecule has 0 aliphatic heterocycles. The van der Waals surface area contributed by atoms with Crippen molar-refractivity contribution in [1.82, 2.24) is 5.32 Å². The highest BCUT2D eigenvalue weighted by Crippen LogP contribution is 2.11. The molecule has 2 N–H and O–H groups in total. The van der Waals surface area contributed by atoms with Gasteiger partial charge in [-0.25, -0.2) is 4.79 Å². The van der Waals surface area contributed by atoms with E-state index in [1.54, 1.807) is 43.3 Å². The molecule has 1 aromatic heterocycles. The molecule has 2 rings (SSSR count). The van der Waals surface area contributed by atoms with Gasteiger partial charge in [-0.15, -0.1) is 0 Å². The normalized spacial score (nSPS) is 10.5. The largest absolute Gasteiger partial charge is 0.472 e. The zero-order valence-corrected chi connectivity index (χ0v) is 14.4. The van der Waals surface area contributed by atoms with Crippen molar-refractivity contribution < 1.29 is 23.5 Å². The van der Waals surface area contributed by atoms with Crippen LogP contribution in [0.25, 0.3) is 6.08 Å². The summed E-state index contributed by atoms with van der Waals surface area (Å²) in [5, 5.41) is 5.37. The quantitative estimate of drug-likeness (QED) is 0.560. The first-order valence-electron chi connectivity index (χ1n) is 8.13. The Morgan fingerprint density at radius 2 is 1.92 bits per heavy atom. The Morgan fingerprint density at radius 1 is 1.15 bits per heavy atom. The lowest BCUT2D eigenvalue weighted by molar-refractivity contribution is -0.137. The summed E-state index contributed by atoms with van der Waals surface area (Å²) in [6, 6.07) is 8.55. The number of ether oxygens (including phenoxy) is 1. The van der Waals surface area contributed by atoms with Gasteiger partial charge >= 0.3 is 5.97 Å². The molecule has 0 bridgehead atoms. The number of benzene rings is 1. The fourth-order valence-electron chi connectivity index (χ4n) is 2.04. The monoisotopic (exact) mass is 356 g/mol. The number of carbonyl (C=O) groups excluding carboxylic acids is 3. The van der Waals surface area contributed by atoms with Crippen LogP contribution in [0.15, 0.2) is 53.4 Å². The molecule has 2 amide bonds. The van der Waals surface area contributed by atoms with Crippen LogP contribution in [-0.2, 0) is 14.3 Å². The molecule has 0 aliphatic rings. The molecule has 7 nitrogen and oxygen atoms in total. The first-order chi connectivity index (χ1) is 12.6. The Labute approximate surface area is 151 Å². The van der Waals surface area contributed by atoms with Crippen LogP contribution < -0.4 is 10.6 Å². The van der Waals surface area contributed by atoms with Gasteiger partial charge in [0.15, 0.2) is 0 Å². The van der Waals surface area contributed by atoms with Gasteiger partial charge in [-0.2, -0.15) is 0 Å². The van der Waals surface area contributed by atoms with Crippen molar-refractivity contribution in [1.29, 1.82) is 0 Å². The third kappa shape index (κ3) is 6.27. The van der Waals surface area contributed by atoms with Gasteiger partial charge in [0, 0.05) is 24.7 Å². The summed E-state index contributed by atoms with van der Waals surface area (Å²) in [6.07, 6.45) is 5.88. The van der Waals surface area contributed by atoms with E-state index < -0.39 is 5.97 Å². The molecule has 0 fully saturated rings. The second-order valence-corrected chi connectivity index (χ2v) is 5.27. The van der Waals surface area contributed by atoms with Crippen molar-refractivity contribution in [2.45, 2.75) is 13.3 Å². The van der Waals surface area contributed by atoms with Crippen LogP contribution in [0, 0.1) is 0 Å². The highest BCUT2D eigenvalue weighted by molar-refractivity contribution is 5.95. The van der Waals surface area contributed by atoms with Crippen molar-refractivity contribution in [2.75, 3.05) is 18.5 Å². The van der Waals surface area contributed by atoms with Crippen molar-refractivity contribution in [3.8, 4) is 0 Å². The molecule has 26 heavy (non-hydrogen) atoms. The predicted octanol–water partition coefficient (Wildman–Crippen LogP) is 2.61. The highest BCUT2D eigenvalue weighted by Gasteiger charge is 2.07. The zero-order chi connectivity index (χ0) is 18.8. The number of hydrogen-bond donors (Lipinski definition) is 2. The lowest BCUT2D eigenvalue weighted by atomic mass is 10.2. The number of furan rings is 1. The smallest absolute Gasteiger partial charge is 0.330 e. The fraction of sp³-hybridized carbons (Fsp3) is 0.211. The Balaban J connectivity index is 1.75. The number of anilines is 1. The van der Waals surface area contributed by atoms with E-state index in [9.17, 15) is 14.4 Å². The van der Waals surface area contributed by atoms with E-state index in [1.165, 1.54) is 18.6 Å². The highest BCUT2D eigenvalue weighted by atomic mass is 16.5. The lowest BCUT2D eigenvalue weighted by Crippen LogP contribution is -2.27.